The van der Waals surface area contributed by atoms with Crippen molar-refractivity contribution >= 4 is 5.91 Å². The number of carbonyl (C=O) groups is 1. The van der Waals surface area contributed by atoms with Crippen molar-refractivity contribution in [2.24, 2.45) is 11.5 Å². The van der Waals surface area contributed by atoms with E-state index in [0.717, 1.165) is 5.56 Å². The van der Waals surface area contributed by atoms with Gasteiger partial charge in [0.25, 0.3) is 0 Å². The van der Waals surface area contributed by atoms with Crippen LogP contribution in [0.15, 0.2) is 30.3 Å². The highest BCUT2D eigenvalue weighted by Crippen LogP contribution is 2.01. The van der Waals surface area contributed by atoms with Gasteiger partial charge in [-0.05, 0) is 12.0 Å². The average molecular weight is 193 g/mol. The Balaban J connectivity index is 2.49. The number of rotatable bonds is 4. The molecule has 0 aliphatic carbocycles. The molecule has 0 fully saturated rings. The molecule has 1 aromatic carbocycles. The van der Waals surface area contributed by atoms with Crippen LogP contribution in [-0.4, -0.2) is 18.6 Å². The van der Waals surface area contributed by atoms with Gasteiger partial charge in [0.1, 0.15) is 0 Å². The highest BCUT2D eigenvalue weighted by Gasteiger charge is 2.12. The number of nitrogens with one attached hydrogen (secondary N) is 1. The third-order valence-corrected chi connectivity index (χ3v) is 1.91. The minimum Gasteiger partial charge on any atom is -0.342 e. The Kier molecular flexibility index (Phi) is 4.10. The second-order valence-electron chi connectivity index (χ2n) is 3.04. The molecule has 0 aliphatic rings. The van der Waals surface area contributed by atoms with Crippen molar-refractivity contribution in [2.45, 2.75) is 12.5 Å². The summed E-state index contributed by atoms with van der Waals surface area (Å²) in [5, 5.41) is 2.48. The lowest BCUT2D eigenvalue weighted by molar-refractivity contribution is -0.122. The summed E-state index contributed by atoms with van der Waals surface area (Å²) in [5.41, 5.74) is 11.9. The van der Waals surface area contributed by atoms with E-state index >= 15 is 0 Å². The number of amides is 1. The zero-order chi connectivity index (χ0) is 10.4. The van der Waals surface area contributed by atoms with Crippen molar-refractivity contribution in [1.29, 1.82) is 0 Å². The van der Waals surface area contributed by atoms with E-state index < -0.39 is 6.04 Å². The number of benzene rings is 1. The predicted octanol–water partition coefficient (Wildman–Crippen LogP) is -0.411. The summed E-state index contributed by atoms with van der Waals surface area (Å²) in [5.74, 6) is -0.212. The van der Waals surface area contributed by atoms with E-state index in [2.05, 4.69) is 5.32 Å². The molecule has 0 radical (unpaired) electrons. The summed E-state index contributed by atoms with van der Waals surface area (Å²) in [6.07, 6.45) is 0.534. The second kappa shape index (κ2) is 5.36. The quantitative estimate of drug-likeness (QED) is 0.568. The van der Waals surface area contributed by atoms with Gasteiger partial charge < -0.3 is 16.8 Å². The van der Waals surface area contributed by atoms with Gasteiger partial charge in [-0.1, -0.05) is 30.3 Å². The maximum Gasteiger partial charge on any atom is 0.238 e. The van der Waals surface area contributed by atoms with Crippen LogP contribution in [0.4, 0.5) is 0 Å². The molecule has 0 saturated heterocycles. The van der Waals surface area contributed by atoms with Crippen LogP contribution >= 0.6 is 0 Å². The summed E-state index contributed by atoms with van der Waals surface area (Å²) in [6, 6.07) is 9.12. The zero-order valence-electron chi connectivity index (χ0n) is 7.94. The summed E-state index contributed by atoms with van der Waals surface area (Å²) in [6.45, 7) is 0.126. The van der Waals surface area contributed by atoms with Crippen molar-refractivity contribution in [3.8, 4) is 0 Å². The second-order valence-corrected chi connectivity index (χ2v) is 3.04. The van der Waals surface area contributed by atoms with Crippen molar-refractivity contribution in [1.82, 2.24) is 5.32 Å². The molecule has 5 N–H and O–H groups in total. The topological polar surface area (TPSA) is 81.1 Å². The zero-order valence-corrected chi connectivity index (χ0v) is 7.94. The first-order valence-corrected chi connectivity index (χ1v) is 4.51. The Hall–Kier alpha value is -1.39. The van der Waals surface area contributed by atoms with Gasteiger partial charge in [-0.15, -0.1) is 0 Å². The van der Waals surface area contributed by atoms with Gasteiger partial charge in [0, 0.05) is 0 Å². The molecule has 0 aliphatic heterocycles. The van der Waals surface area contributed by atoms with E-state index in [-0.39, 0.29) is 12.6 Å². The molecule has 0 saturated carbocycles. The summed E-state index contributed by atoms with van der Waals surface area (Å²) in [4.78, 5) is 11.2. The lowest BCUT2D eigenvalue weighted by Crippen LogP contribution is -2.44. The lowest BCUT2D eigenvalue weighted by atomic mass is 10.1. The summed E-state index contributed by atoms with van der Waals surface area (Å²) < 4.78 is 0. The Morgan fingerprint density at radius 2 is 2.00 bits per heavy atom. The Morgan fingerprint density at radius 1 is 1.36 bits per heavy atom. The maximum absolute atomic E-state index is 11.2. The lowest BCUT2D eigenvalue weighted by Gasteiger charge is -2.10. The van der Waals surface area contributed by atoms with Crippen molar-refractivity contribution in [2.75, 3.05) is 6.67 Å². The molecule has 76 valence electrons. The monoisotopic (exact) mass is 193 g/mol. The largest absolute Gasteiger partial charge is 0.342 e. The standard InChI is InChI=1S/C10H15N3O/c11-7-13-10(14)9(12)6-8-4-2-1-3-5-8/h1-5,9H,6-7,11-12H2,(H,13,14)/t9-/m0/s1. The van der Waals surface area contributed by atoms with E-state index in [1.54, 1.807) is 0 Å². The van der Waals surface area contributed by atoms with E-state index in [4.69, 9.17) is 11.5 Å². The fourth-order valence-corrected chi connectivity index (χ4v) is 1.19. The van der Waals surface area contributed by atoms with E-state index in [9.17, 15) is 4.79 Å². The molecule has 1 amide bonds. The molecular formula is C10H15N3O. The van der Waals surface area contributed by atoms with Crippen LogP contribution in [0.5, 0.6) is 0 Å². The van der Waals surface area contributed by atoms with Crippen LogP contribution in [0.3, 0.4) is 0 Å². The van der Waals surface area contributed by atoms with Crippen LogP contribution in [0, 0.1) is 0 Å². The molecule has 1 atom stereocenters. The smallest absolute Gasteiger partial charge is 0.238 e. The Labute approximate surface area is 83.3 Å². The van der Waals surface area contributed by atoms with Crippen molar-refractivity contribution in [3.63, 3.8) is 0 Å². The SMILES string of the molecule is NCNC(=O)[C@@H](N)Cc1ccccc1. The van der Waals surface area contributed by atoms with Crippen LogP contribution in [0.1, 0.15) is 5.56 Å². The first kappa shape index (κ1) is 10.7. The van der Waals surface area contributed by atoms with Gasteiger partial charge in [-0.3, -0.25) is 4.79 Å². The van der Waals surface area contributed by atoms with Crippen LogP contribution in [0.25, 0.3) is 0 Å². The van der Waals surface area contributed by atoms with Gasteiger partial charge in [0.2, 0.25) is 5.91 Å². The fourth-order valence-electron chi connectivity index (χ4n) is 1.19. The third kappa shape index (κ3) is 3.16. The molecule has 0 spiro atoms. The molecule has 1 rings (SSSR count). The van der Waals surface area contributed by atoms with Gasteiger partial charge in [-0.2, -0.15) is 0 Å². The highest BCUT2D eigenvalue weighted by atomic mass is 16.2. The Bertz CT molecular complexity index is 287. The van der Waals surface area contributed by atoms with Gasteiger partial charge in [0.15, 0.2) is 0 Å². The van der Waals surface area contributed by atoms with Crippen LogP contribution < -0.4 is 16.8 Å². The normalized spacial score (nSPS) is 12.1. The predicted molar refractivity (Wildman–Crippen MR) is 55.3 cm³/mol. The molecule has 14 heavy (non-hydrogen) atoms. The van der Waals surface area contributed by atoms with Gasteiger partial charge >= 0.3 is 0 Å². The highest BCUT2D eigenvalue weighted by molar-refractivity contribution is 5.81. The number of nitrogens with two attached hydrogens (primary N) is 2. The number of hydrogen-bond donors (Lipinski definition) is 3. The molecule has 0 aromatic heterocycles. The molecule has 0 unspecified atom stereocenters. The van der Waals surface area contributed by atoms with Crippen LogP contribution in [0.2, 0.25) is 0 Å². The molecule has 4 nitrogen and oxygen atoms in total. The minimum absolute atomic E-state index is 0.126. The fraction of sp³-hybridized carbons (Fsp3) is 0.300. The summed E-state index contributed by atoms with van der Waals surface area (Å²) >= 11 is 0. The first-order chi connectivity index (χ1) is 6.74. The molecule has 4 heteroatoms. The van der Waals surface area contributed by atoms with Crippen molar-refractivity contribution < 1.29 is 4.79 Å². The number of hydrogen-bond acceptors (Lipinski definition) is 3. The average Bonchev–Trinajstić information content (AvgIpc) is 2.19. The third-order valence-electron chi connectivity index (χ3n) is 1.91. The van der Waals surface area contributed by atoms with Crippen LogP contribution in [-0.2, 0) is 11.2 Å². The molecule has 1 aromatic rings. The summed E-state index contributed by atoms with van der Waals surface area (Å²) in [7, 11) is 0. The van der Waals surface area contributed by atoms with E-state index in [1.165, 1.54) is 0 Å². The van der Waals surface area contributed by atoms with Gasteiger partial charge in [0.05, 0.1) is 12.7 Å². The molecule has 0 bridgehead atoms. The first-order valence-electron chi connectivity index (χ1n) is 4.51. The van der Waals surface area contributed by atoms with E-state index in [0.29, 0.717) is 6.42 Å². The molecular weight excluding hydrogens is 178 g/mol. The minimum atomic E-state index is -0.527. The van der Waals surface area contributed by atoms with Gasteiger partial charge in [-0.25, -0.2) is 0 Å². The number of carbonyl (C=O) groups excluding carboxylic acids is 1. The van der Waals surface area contributed by atoms with Crippen molar-refractivity contribution in [3.05, 3.63) is 35.9 Å². The molecule has 0 heterocycles. The van der Waals surface area contributed by atoms with E-state index in [1.807, 2.05) is 30.3 Å². The Morgan fingerprint density at radius 3 is 2.57 bits per heavy atom. The maximum atomic E-state index is 11.2.